The van der Waals surface area contributed by atoms with Crippen molar-refractivity contribution in [2.45, 2.75) is 38.5 Å². The van der Waals surface area contributed by atoms with Gasteiger partial charge in [-0.3, -0.25) is 0 Å². The van der Waals surface area contributed by atoms with Crippen molar-refractivity contribution in [2.24, 2.45) is 0 Å². The van der Waals surface area contributed by atoms with Crippen LogP contribution in [-0.2, 0) is 15.5 Å². The fraction of sp³-hybridized carbons (Fsp3) is 0.375. The van der Waals surface area contributed by atoms with Gasteiger partial charge in [-0.25, -0.2) is 4.79 Å². The van der Waals surface area contributed by atoms with E-state index in [0.29, 0.717) is 48.9 Å². The first-order valence-corrected chi connectivity index (χ1v) is 10.2. The van der Waals surface area contributed by atoms with Crippen molar-refractivity contribution < 1.29 is 27.8 Å². The summed E-state index contributed by atoms with van der Waals surface area (Å²) < 4.78 is 46.2. The molecule has 6 heteroatoms. The quantitative estimate of drug-likeness (QED) is 0.261. The van der Waals surface area contributed by atoms with Crippen LogP contribution < -0.4 is 9.47 Å². The Labute approximate surface area is 175 Å². The maximum absolute atomic E-state index is 15.1. The van der Waals surface area contributed by atoms with Gasteiger partial charge in [-0.2, -0.15) is 8.78 Å². The van der Waals surface area contributed by atoms with E-state index in [0.717, 1.165) is 25.3 Å². The number of unbranched alkanes of at least 4 members (excludes halogenated alkanes) is 2. The molecule has 2 aromatic carbocycles. The minimum Gasteiger partial charge on any atom is -0.494 e. The van der Waals surface area contributed by atoms with Crippen LogP contribution in [0.4, 0.5) is 8.78 Å². The van der Waals surface area contributed by atoms with Gasteiger partial charge >= 0.3 is 5.97 Å². The maximum atomic E-state index is 15.1. The monoisotopic (exact) mass is 416 g/mol. The summed E-state index contributed by atoms with van der Waals surface area (Å²) in [5, 5.41) is 0. The fourth-order valence-corrected chi connectivity index (χ4v) is 3.38. The summed E-state index contributed by atoms with van der Waals surface area (Å²) in [4.78, 5) is 10.9. The third-order valence-electron chi connectivity index (χ3n) is 4.89. The lowest BCUT2D eigenvalue weighted by Crippen LogP contribution is -2.11. The van der Waals surface area contributed by atoms with Crippen LogP contribution >= 0.6 is 0 Å². The normalized spacial score (nSPS) is 13.3. The Balaban J connectivity index is 1.59. The standard InChI is InChI=1S/C24H26F2O4/c1-3-12-28-17-8-10-19-20-11-9-18(16-22(20)24(25,26)21(19)15-17)29-13-6-5-7-14-30-23(27)4-2/h4,8-11,15-16H,2-3,5-7,12-14H2,1H3. The molecule has 0 atom stereocenters. The number of benzene rings is 2. The molecule has 160 valence electrons. The van der Waals surface area contributed by atoms with Gasteiger partial charge in [-0.15, -0.1) is 0 Å². The van der Waals surface area contributed by atoms with E-state index in [-0.39, 0.29) is 11.1 Å². The average Bonchev–Trinajstić information content (AvgIpc) is 2.97. The van der Waals surface area contributed by atoms with Crippen molar-refractivity contribution in [2.75, 3.05) is 19.8 Å². The number of alkyl halides is 2. The highest BCUT2D eigenvalue weighted by molar-refractivity contribution is 5.81. The second-order valence-electron chi connectivity index (χ2n) is 7.12. The number of ether oxygens (including phenoxy) is 3. The van der Waals surface area contributed by atoms with Crippen LogP contribution in [0.25, 0.3) is 11.1 Å². The summed E-state index contributed by atoms with van der Waals surface area (Å²) in [6.07, 6.45) is 4.19. The van der Waals surface area contributed by atoms with Crippen molar-refractivity contribution in [1.82, 2.24) is 0 Å². The molecule has 30 heavy (non-hydrogen) atoms. The van der Waals surface area contributed by atoms with Crippen LogP contribution in [0.15, 0.2) is 49.1 Å². The van der Waals surface area contributed by atoms with Gasteiger partial charge in [-0.1, -0.05) is 25.6 Å². The second kappa shape index (κ2) is 9.74. The van der Waals surface area contributed by atoms with Gasteiger partial charge in [-0.05, 0) is 61.1 Å². The molecule has 0 amide bonds. The first-order valence-electron chi connectivity index (χ1n) is 10.2. The molecule has 2 aromatic rings. The molecule has 0 radical (unpaired) electrons. The number of halogens is 2. The lowest BCUT2D eigenvalue weighted by molar-refractivity contribution is -0.137. The highest BCUT2D eigenvalue weighted by Gasteiger charge is 2.44. The molecule has 0 saturated carbocycles. The van der Waals surface area contributed by atoms with E-state index in [1.165, 1.54) is 12.1 Å². The van der Waals surface area contributed by atoms with Crippen LogP contribution in [0.2, 0.25) is 0 Å². The SMILES string of the molecule is C=CC(=O)OCCCCCOc1ccc2c(c1)C(F)(F)c1cc(OCCC)ccc1-2. The molecule has 0 fully saturated rings. The van der Waals surface area contributed by atoms with E-state index >= 15 is 8.78 Å². The number of esters is 1. The summed E-state index contributed by atoms with van der Waals surface area (Å²) in [6, 6.07) is 9.69. The predicted octanol–water partition coefficient (Wildman–Crippen LogP) is 5.87. The molecule has 0 aromatic heterocycles. The van der Waals surface area contributed by atoms with Gasteiger partial charge in [0, 0.05) is 17.2 Å². The summed E-state index contributed by atoms with van der Waals surface area (Å²) in [5.41, 5.74) is 0.976. The third-order valence-corrected chi connectivity index (χ3v) is 4.89. The van der Waals surface area contributed by atoms with E-state index in [2.05, 4.69) is 6.58 Å². The van der Waals surface area contributed by atoms with E-state index in [9.17, 15) is 4.79 Å². The topological polar surface area (TPSA) is 44.8 Å². The van der Waals surface area contributed by atoms with Crippen molar-refractivity contribution in [3.63, 3.8) is 0 Å². The van der Waals surface area contributed by atoms with Gasteiger partial charge in [0.15, 0.2) is 0 Å². The summed E-state index contributed by atoms with van der Waals surface area (Å²) in [6.45, 7) is 6.53. The molecule has 1 aliphatic carbocycles. The fourth-order valence-electron chi connectivity index (χ4n) is 3.38. The lowest BCUT2D eigenvalue weighted by Gasteiger charge is -2.14. The second-order valence-corrected chi connectivity index (χ2v) is 7.12. The maximum Gasteiger partial charge on any atom is 0.330 e. The van der Waals surface area contributed by atoms with Gasteiger partial charge in [0.1, 0.15) is 11.5 Å². The van der Waals surface area contributed by atoms with Crippen LogP contribution in [0.5, 0.6) is 11.5 Å². The van der Waals surface area contributed by atoms with E-state index in [1.54, 1.807) is 24.3 Å². The first-order chi connectivity index (χ1) is 14.5. The average molecular weight is 416 g/mol. The van der Waals surface area contributed by atoms with Crippen molar-refractivity contribution >= 4 is 5.97 Å². The van der Waals surface area contributed by atoms with Crippen LogP contribution in [0, 0.1) is 0 Å². The minimum atomic E-state index is -3.09. The summed E-state index contributed by atoms with van der Waals surface area (Å²) in [5.74, 6) is -2.65. The van der Waals surface area contributed by atoms with Crippen molar-refractivity contribution in [1.29, 1.82) is 0 Å². The van der Waals surface area contributed by atoms with E-state index in [4.69, 9.17) is 14.2 Å². The molecular formula is C24H26F2O4. The number of carbonyl (C=O) groups is 1. The summed E-state index contributed by atoms with van der Waals surface area (Å²) in [7, 11) is 0. The minimum absolute atomic E-state index is 0.0303. The van der Waals surface area contributed by atoms with Gasteiger partial charge in [0.2, 0.25) is 0 Å². The van der Waals surface area contributed by atoms with E-state index < -0.39 is 11.9 Å². The van der Waals surface area contributed by atoms with E-state index in [1.807, 2.05) is 6.92 Å². The first kappa shape index (κ1) is 21.8. The molecule has 0 bridgehead atoms. The predicted molar refractivity (Wildman–Crippen MR) is 111 cm³/mol. The number of fused-ring (bicyclic) bond motifs is 3. The smallest absolute Gasteiger partial charge is 0.330 e. The van der Waals surface area contributed by atoms with Crippen LogP contribution in [0.3, 0.4) is 0 Å². The molecule has 0 N–H and O–H groups in total. The highest BCUT2D eigenvalue weighted by Crippen LogP contribution is 2.52. The Morgan fingerprint density at radius 3 is 2.07 bits per heavy atom. The number of carbonyl (C=O) groups excluding carboxylic acids is 1. The van der Waals surface area contributed by atoms with Crippen LogP contribution in [-0.4, -0.2) is 25.8 Å². The van der Waals surface area contributed by atoms with Gasteiger partial charge < -0.3 is 14.2 Å². The summed E-state index contributed by atoms with van der Waals surface area (Å²) >= 11 is 0. The molecule has 0 aliphatic heterocycles. The molecule has 0 saturated heterocycles. The van der Waals surface area contributed by atoms with Crippen LogP contribution in [0.1, 0.15) is 43.7 Å². The molecule has 0 heterocycles. The molecule has 3 rings (SSSR count). The number of hydrogen-bond donors (Lipinski definition) is 0. The van der Waals surface area contributed by atoms with Crippen molar-refractivity contribution in [3.05, 3.63) is 60.2 Å². The molecule has 0 spiro atoms. The van der Waals surface area contributed by atoms with Gasteiger partial charge in [0.25, 0.3) is 5.92 Å². The third kappa shape index (κ3) is 4.81. The number of rotatable bonds is 11. The molecular weight excluding hydrogens is 390 g/mol. The lowest BCUT2D eigenvalue weighted by atomic mass is 10.1. The Hall–Kier alpha value is -2.89. The highest BCUT2D eigenvalue weighted by atomic mass is 19.3. The Kier molecular flexibility index (Phi) is 7.08. The van der Waals surface area contributed by atoms with Crippen molar-refractivity contribution in [3.8, 4) is 22.6 Å². The Morgan fingerprint density at radius 2 is 1.50 bits per heavy atom. The Morgan fingerprint density at radius 1 is 0.933 bits per heavy atom. The zero-order chi connectivity index (χ0) is 21.6. The Bertz CT molecular complexity index is 908. The largest absolute Gasteiger partial charge is 0.494 e. The zero-order valence-corrected chi connectivity index (χ0v) is 17.1. The zero-order valence-electron chi connectivity index (χ0n) is 17.1. The molecule has 4 nitrogen and oxygen atoms in total. The molecule has 1 aliphatic rings. The molecule has 0 unspecified atom stereocenters. The van der Waals surface area contributed by atoms with Gasteiger partial charge in [0.05, 0.1) is 19.8 Å². The number of hydrogen-bond acceptors (Lipinski definition) is 4.